The molecule has 0 saturated heterocycles. The maximum absolute atomic E-state index is 3.91. The molecule has 0 unspecified atom stereocenters. The number of aromatic nitrogens is 1. The van der Waals surface area contributed by atoms with E-state index in [0.29, 0.717) is 0 Å². The van der Waals surface area contributed by atoms with E-state index in [-0.39, 0.29) is 5.41 Å². The van der Waals surface area contributed by atoms with Crippen molar-refractivity contribution >= 4 is 55.3 Å². The number of benzene rings is 8. The molecule has 0 fully saturated rings. The van der Waals surface area contributed by atoms with Crippen LogP contribution in [0.15, 0.2) is 207 Å². The zero-order chi connectivity index (χ0) is 39.4. The highest BCUT2D eigenvalue weighted by Gasteiger charge is 2.36. The summed E-state index contributed by atoms with van der Waals surface area (Å²) in [4.78, 5) is 2.46. The van der Waals surface area contributed by atoms with Gasteiger partial charge >= 0.3 is 0 Å². The zero-order valence-electron chi connectivity index (χ0n) is 33.2. The van der Waals surface area contributed by atoms with Gasteiger partial charge in [0.05, 0.1) is 16.7 Å². The van der Waals surface area contributed by atoms with Crippen LogP contribution in [0.3, 0.4) is 0 Å². The Morgan fingerprint density at radius 1 is 0.517 bits per heavy atom. The van der Waals surface area contributed by atoms with Gasteiger partial charge in [0.25, 0.3) is 0 Å². The second-order valence-electron chi connectivity index (χ2n) is 15.7. The first-order valence-electron chi connectivity index (χ1n) is 20.2. The minimum Gasteiger partial charge on any atom is -0.310 e. The van der Waals surface area contributed by atoms with E-state index in [1.807, 2.05) is 12.2 Å². The van der Waals surface area contributed by atoms with Gasteiger partial charge in [-0.2, -0.15) is 0 Å². The van der Waals surface area contributed by atoms with Crippen LogP contribution in [0.4, 0.5) is 17.1 Å². The Morgan fingerprint density at radius 3 is 2.02 bits per heavy atom. The fourth-order valence-corrected chi connectivity index (χ4v) is 9.33. The normalized spacial score (nSPS) is 13.3. The second kappa shape index (κ2) is 14.1. The van der Waals surface area contributed by atoms with Gasteiger partial charge in [-0.15, -0.1) is 0 Å². The number of fused-ring (bicyclic) bond motifs is 7. The largest absolute Gasteiger partial charge is 0.310 e. The Bertz CT molecular complexity index is 3120. The van der Waals surface area contributed by atoms with Gasteiger partial charge in [-0.05, 0) is 111 Å². The van der Waals surface area contributed by atoms with Crippen molar-refractivity contribution in [3.8, 4) is 33.4 Å². The van der Waals surface area contributed by atoms with Crippen LogP contribution in [0.2, 0.25) is 0 Å². The summed E-state index contributed by atoms with van der Waals surface area (Å²) in [5.41, 5.74) is 16.9. The molecule has 58 heavy (non-hydrogen) atoms. The van der Waals surface area contributed by atoms with E-state index in [4.69, 9.17) is 0 Å². The van der Waals surface area contributed by atoms with Crippen molar-refractivity contribution in [2.75, 3.05) is 4.90 Å². The van der Waals surface area contributed by atoms with Gasteiger partial charge in [-0.25, -0.2) is 0 Å². The fraction of sp³-hybridized carbons (Fsp3) is 0.0714. The Balaban J connectivity index is 1.17. The second-order valence-corrected chi connectivity index (χ2v) is 15.7. The summed E-state index contributed by atoms with van der Waals surface area (Å²) in [5, 5.41) is 4.87. The van der Waals surface area contributed by atoms with Crippen molar-refractivity contribution in [2.45, 2.75) is 26.2 Å². The van der Waals surface area contributed by atoms with Crippen molar-refractivity contribution < 1.29 is 0 Å². The molecular weight excluding hydrogens is 701 g/mol. The van der Waals surface area contributed by atoms with Crippen LogP contribution in [-0.2, 0) is 5.41 Å². The first kappa shape index (κ1) is 35.3. The summed E-state index contributed by atoms with van der Waals surface area (Å²) in [6, 6.07) is 64.8. The first-order chi connectivity index (χ1) is 28.5. The maximum Gasteiger partial charge on any atom is 0.0541 e. The molecule has 0 atom stereocenters. The maximum atomic E-state index is 3.91. The lowest BCUT2D eigenvalue weighted by Gasteiger charge is -2.30. The molecule has 0 spiro atoms. The third-order valence-corrected chi connectivity index (χ3v) is 12.1. The molecule has 1 aliphatic rings. The highest BCUT2D eigenvalue weighted by Crippen LogP contribution is 2.51. The van der Waals surface area contributed by atoms with Gasteiger partial charge in [0.15, 0.2) is 0 Å². The molecular formula is C56H44N2. The van der Waals surface area contributed by atoms with Crippen molar-refractivity contribution in [3.63, 3.8) is 0 Å². The van der Waals surface area contributed by atoms with E-state index < -0.39 is 0 Å². The molecule has 0 aliphatic heterocycles. The molecule has 0 N–H and O–H groups in total. The van der Waals surface area contributed by atoms with Crippen molar-refractivity contribution in [1.29, 1.82) is 0 Å². The van der Waals surface area contributed by atoms with Crippen LogP contribution in [0.5, 0.6) is 0 Å². The molecule has 1 aliphatic carbocycles. The quantitative estimate of drug-likeness (QED) is 0.141. The summed E-state index contributed by atoms with van der Waals surface area (Å²) in [5.74, 6) is 0. The van der Waals surface area contributed by atoms with Gasteiger partial charge in [-0.1, -0.05) is 166 Å². The van der Waals surface area contributed by atoms with Crippen LogP contribution in [-0.4, -0.2) is 4.57 Å². The molecule has 1 heterocycles. The molecule has 9 aromatic rings. The summed E-state index contributed by atoms with van der Waals surface area (Å²) in [6.07, 6.45) is 8.12. The SMILES string of the molecule is C=C/C=C\C(=C/C)n1c2ccccc2c2cc(-c3ccc(N(c4cccc(-c5ccccc5)c4)c4ccc5c(c4)C(C)(C)c4ccccc4-5)c4ccccc34)ccc21. The van der Waals surface area contributed by atoms with Crippen LogP contribution < -0.4 is 4.90 Å². The summed E-state index contributed by atoms with van der Waals surface area (Å²) < 4.78 is 2.35. The minimum atomic E-state index is -0.122. The smallest absolute Gasteiger partial charge is 0.0541 e. The average molecular weight is 745 g/mol. The highest BCUT2D eigenvalue weighted by molar-refractivity contribution is 6.13. The monoisotopic (exact) mass is 744 g/mol. The van der Waals surface area contributed by atoms with E-state index in [2.05, 4.69) is 225 Å². The first-order valence-corrected chi connectivity index (χ1v) is 20.2. The Labute approximate surface area is 341 Å². The van der Waals surface area contributed by atoms with Gasteiger partial charge < -0.3 is 9.47 Å². The molecule has 10 rings (SSSR count). The number of hydrogen-bond acceptors (Lipinski definition) is 1. The Hall–Kier alpha value is -7.16. The molecule has 0 saturated carbocycles. The van der Waals surface area contributed by atoms with E-state index >= 15 is 0 Å². The molecule has 1 aromatic heterocycles. The molecule has 2 nitrogen and oxygen atoms in total. The van der Waals surface area contributed by atoms with Crippen LogP contribution in [0.25, 0.3) is 71.7 Å². The fourth-order valence-electron chi connectivity index (χ4n) is 9.33. The lowest BCUT2D eigenvalue weighted by Crippen LogP contribution is -2.16. The van der Waals surface area contributed by atoms with E-state index in [0.717, 1.165) is 22.8 Å². The van der Waals surface area contributed by atoms with Gasteiger partial charge in [0.2, 0.25) is 0 Å². The van der Waals surface area contributed by atoms with Crippen LogP contribution in [0.1, 0.15) is 31.9 Å². The number of nitrogens with zero attached hydrogens (tertiary/aromatic N) is 2. The van der Waals surface area contributed by atoms with Crippen molar-refractivity contribution in [2.24, 2.45) is 0 Å². The summed E-state index contributed by atoms with van der Waals surface area (Å²) in [6.45, 7) is 10.7. The van der Waals surface area contributed by atoms with Crippen molar-refractivity contribution in [1.82, 2.24) is 4.57 Å². The molecule has 0 bridgehead atoms. The summed E-state index contributed by atoms with van der Waals surface area (Å²) in [7, 11) is 0. The number of allylic oxidation sites excluding steroid dienone is 5. The molecule has 8 aromatic carbocycles. The molecule has 0 amide bonds. The topological polar surface area (TPSA) is 8.17 Å². The van der Waals surface area contributed by atoms with E-state index in [1.165, 1.54) is 77.1 Å². The van der Waals surface area contributed by atoms with Crippen LogP contribution in [0, 0.1) is 0 Å². The zero-order valence-corrected chi connectivity index (χ0v) is 33.2. The lowest BCUT2D eigenvalue weighted by molar-refractivity contribution is 0.660. The van der Waals surface area contributed by atoms with Gasteiger partial charge in [-0.3, -0.25) is 0 Å². The Morgan fingerprint density at radius 2 is 1.19 bits per heavy atom. The van der Waals surface area contributed by atoms with E-state index in [1.54, 1.807) is 0 Å². The minimum absolute atomic E-state index is 0.122. The van der Waals surface area contributed by atoms with Crippen molar-refractivity contribution in [3.05, 3.63) is 218 Å². The predicted octanol–water partition coefficient (Wildman–Crippen LogP) is 15.7. The average Bonchev–Trinajstić information content (AvgIpc) is 3.72. The molecule has 0 radical (unpaired) electrons. The summed E-state index contributed by atoms with van der Waals surface area (Å²) >= 11 is 0. The molecule has 278 valence electrons. The third kappa shape index (κ3) is 5.64. The lowest BCUT2D eigenvalue weighted by atomic mass is 9.82. The predicted molar refractivity (Wildman–Crippen MR) is 249 cm³/mol. The van der Waals surface area contributed by atoms with Crippen LogP contribution >= 0.6 is 0 Å². The number of hydrogen-bond donors (Lipinski definition) is 0. The highest BCUT2D eigenvalue weighted by atomic mass is 15.1. The standard InChI is InChI=1S/C56H44N2/c1-5-7-21-41(6-2)58-53-28-16-14-26-49(53)50-36-40(29-33-55(50)58)44-32-34-54(48-25-12-11-23-45(44)48)57(42-22-17-20-39(35-42)38-18-9-8-10-19-38)43-30-31-47-46-24-13-15-27-51(46)56(3,4)52(47)37-43/h5-37H,1H2,2-4H3/b21-7-,41-6+. The van der Waals surface area contributed by atoms with E-state index in [9.17, 15) is 0 Å². The third-order valence-electron chi connectivity index (χ3n) is 12.1. The van der Waals surface area contributed by atoms with Gasteiger partial charge in [0, 0.05) is 38.6 Å². The number of para-hydroxylation sites is 1. The molecule has 2 heteroatoms. The number of anilines is 3. The Kier molecular flexibility index (Phi) is 8.57. The number of rotatable bonds is 8. The van der Waals surface area contributed by atoms with Gasteiger partial charge in [0.1, 0.15) is 0 Å².